The van der Waals surface area contributed by atoms with Crippen LogP contribution in [0.4, 0.5) is 0 Å². The summed E-state index contributed by atoms with van der Waals surface area (Å²) in [7, 11) is 0. The highest BCUT2D eigenvalue weighted by molar-refractivity contribution is 7.26. The van der Waals surface area contributed by atoms with E-state index in [9.17, 15) is 0 Å². The first-order valence-electron chi connectivity index (χ1n) is 20.9. The Kier molecular flexibility index (Phi) is 8.65. The van der Waals surface area contributed by atoms with Gasteiger partial charge in [-0.25, -0.2) is 15.0 Å². The van der Waals surface area contributed by atoms with Gasteiger partial charge < -0.3 is 4.57 Å². The second kappa shape index (κ2) is 14.9. The molecule has 3 heterocycles. The molecule has 0 aliphatic carbocycles. The number of rotatable bonds is 7. The van der Waals surface area contributed by atoms with Crippen molar-refractivity contribution in [1.29, 1.82) is 0 Å². The fraction of sp³-hybridized carbons (Fsp3) is 0. The van der Waals surface area contributed by atoms with Gasteiger partial charge in [0.05, 0.1) is 11.0 Å². The SMILES string of the molecule is c1ccc(-c2nc(-c3ccccc3)nc(-c3ccc(-n4c5ccccc5c5cc(-c6ccccc6-c6ccccc6-c6cccc7c6sc6ccccc67)ccc54)cc3)n2)cc1. The third-order valence-electron chi connectivity index (χ3n) is 11.9. The maximum Gasteiger partial charge on any atom is 0.164 e. The predicted molar refractivity (Wildman–Crippen MR) is 260 cm³/mol. The molecule has 0 atom stereocenters. The Bertz CT molecular complexity index is 3570. The van der Waals surface area contributed by atoms with Crippen molar-refractivity contribution < 1.29 is 0 Å². The number of nitrogens with zero attached hydrogens (tertiary/aromatic N) is 4. The Morgan fingerprint density at radius 2 is 0.774 bits per heavy atom. The van der Waals surface area contributed by atoms with Gasteiger partial charge in [0.2, 0.25) is 0 Å². The van der Waals surface area contributed by atoms with Crippen molar-refractivity contribution >= 4 is 53.3 Å². The number of fused-ring (bicyclic) bond motifs is 6. The van der Waals surface area contributed by atoms with E-state index in [4.69, 9.17) is 15.0 Å². The van der Waals surface area contributed by atoms with Crippen molar-refractivity contribution in [2.24, 2.45) is 0 Å². The lowest BCUT2D eigenvalue weighted by Gasteiger charge is -2.16. The lowest BCUT2D eigenvalue weighted by molar-refractivity contribution is 1.07. The monoisotopic (exact) mass is 808 g/mol. The smallest absolute Gasteiger partial charge is 0.164 e. The fourth-order valence-electron chi connectivity index (χ4n) is 9.00. The molecule has 290 valence electrons. The number of hydrogen-bond donors (Lipinski definition) is 0. The first-order chi connectivity index (χ1) is 30.7. The topological polar surface area (TPSA) is 43.6 Å². The zero-order valence-electron chi connectivity index (χ0n) is 33.5. The molecule has 3 aromatic heterocycles. The van der Waals surface area contributed by atoms with Gasteiger partial charge in [-0.15, -0.1) is 11.3 Å². The van der Waals surface area contributed by atoms with Gasteiger partial charge >= 0.3 is 0 Å². The predicted octanol–water partition coefficient (Wildman–Crippen LogP) is 15.3. The molecule has 0 bridgehead atoms. The van der Waals surface area contributed by atoms with E-state index in [2.05, 4.69) is 162 Å². The lowest BCUT2D eigenvalue weighted by Crippen LogP contribution is -2.00. The highest BCUT2D eigenvalue weighted by Gasteiger charge is 2.19. The Morgan fingerprint density at radius 1 is 0.306 bits per heavy atom. The average molecular weight is 809 g/mol. The van der Waals surface area contributed by atoms with E-state index in [1.54, 1.807) is 0 Å². The van der Waals surface area contributed by atoms with Crippen molar-refractivity contribution in [1.82, 2.24) is 19.5 Å². The van der Waals surface area contributed by atoms with Crippen molar-refractivity contribution in [3.63, 3.8) is 0 Å². The molecule has 0 unspecified atom stereocenters. The van der Waals surface area contributed by atoms with E-state index in [0.717, 1.165) is 33.4 Å². The van der Waals surface area contributed by atoms with E-state index in [-0.39, 0.29) is 0 Å². The molecule has 12 rings (SSSR count). The molecule has 0 radical (unpaired) electrons. The highest BCUT2D eigenvalue weighted by atomic mass is 32.1. The number of benzene rings is 9. The zero-order chi connectivity index (χ0) is 41.0. The van der Waals surface area contributed by atoms with Gasteiger partial charge in [0.1, 0.15) is 0 Å². The molecule has 4 nitrogen and oxygen atoms in total. The Labute approximate surface area is 362 Å². The first kappa shape index (κ1) is 35.9. The summed E-state index contributed by atoms with van der Waals surface area (Å²) in [5, 5.41) is 5.04. The van der Waals surface area contributed by atoms with E-state index in [1.807, 2.05) is 72.0 Å². The van der Waals surface area contributed by atoms with Gasteiger partial charge in [-0.1, -0.05) is 170 Å². The van der Waals surface area contributed by atoms with Gasteiger partial charge in [-0.2, -0.15) is 0 Å². The molecule has 0 saturated carbocycles. The summed E-state index contributed by atoms with van der Waals surface area (Å²) in [4.78, 5) is 14.8. The van der Waals surface area contributed by atoms with Gasteiger partial charge in [-0.3, -0.25) is 0 Å². The minimum absolute atomic E-state index is 0.636. The van der Waals surface area contributed by atoms with E-state index in [1.165, 1.54) is 64.3 Å². The van der Waals surface area contributed by atoms with Gasteiger partial charge in [0.25, 0.3) is 0 Å². The van der Waals surface area contributed by atoms with Crippen molar-refractivity contribution in [2.75, 3.05) is 0 Å². The van der Waals surface area contributed by atoms with Crippen LogP contribution in [0.3, 0.4) is 0 Å². The summed E-state index contributed by atoms with van der Waals surface area (Å²) in [5.41, 5.74) is 13.5. The Balaban J connectivity index is 0.955. The fourth-order valence-corrected chi connectivity index (χ4v) is 10.2. The first-order valence-corrected chi connectivity index (χ1v) is 21.7. The van der Waals surface area contributed by atoms with Crippen molar-refractivity contribution in [2.45, 2.75) is 0 Å². The molecule has 0 fully saturated rings. The largest absolute Gasteiger partial charge is 0.309 e. The third-order valence-corrected chi connectivity index (χ3v) is 13.1. The Morgan fingerprint density at radius 3 is 1.45 bits per heavy atom. The second-order valence-corrected chi connectivity index (χ2v) is 16.6. The third kappa shape index (κ3) is 6.09. The molecule has 5 heteroatoms. The molecule has 0 amide bonds. The normalized spacial score (nSPS) is 11.5. The van der Waals surface area contributed by atoms with Crippen LogP contribution in [0.25, 0.3) is 115 Å². The van der Waals surface area contributed by atoms with Crippen LogP contribution in [0.15, 0.2) is 218 Å². The van der Waals surface area contributed by atoms with Crippen molar-refractivity contribution in [3.8, 4) is 73.2 Å². The van der Waals surface area contributed by atoms with Crippen LogP contribution in [0, 0.1) is 0 Å². The summed E-state index contributed by atoms with van der Waals surface area (Å²) >= 11 is 1.88. The van der Waals surface area contributed by atoms with E-state index < -0.39 is 0 Å². The van der Waals surface area contributed by atoms with Crippen LogP contribution in [-0.4, -0.2) is 19.5 Å². The molecule has 0 aliphatic heterocycles. The molecule has 12 aromatic rings. The minimum atomic E-state index is 0.636. The summed E-state index contributed by atoms with van der Waals surface area (Å²) in [6.07, 6.45) is 0. The molecule has 0 spiro atoms. The molecule has 0 aliphatic rings. The molecular formula is C57H36N4S. The second-order valence-electron chi connectivity index (χ2n) is 15.5. The van der Waals surface area contributed by atoms with Crippen LogP contribution in [0.5, 0.6) is 0 Å². The van der Waals surface area contributed by atoms with Crippen molar-refractivity contribution in [3.05, 3.63) is 218 Å². The quantitative estimate of drug-likeness (QED) is 0.161. The Hall–Kier alpha value is -7.99. The van der Waals surface area contributed by atoms with Gasteiger partial charge in [-0.05, 0) is 76.3 Å². The number of para-hydroxylation sites is 1. The maximum atomic E-state index is 4.98. The summed E-state index contributed by atoms with van der Waals surface area (Å²) in [5.74, 6) is 1.93. The van der Waals surface area contributed by atoms with E-state index >= 15 is 0 Å². The van der Waals surface area contributed by atoms with Gasteiger partial charge in [0.15, 0.2) is 17.5 Å². The average Bonchev–Trinajstić information content (AvgIpc) is 3.90. The standard InChI is InChI=1S/C57H36N4S/c1-3-16-37(17-4-1)55-58-56(38-18-5-2-6-19-38)60-57(59-55)39-30-33-41(34-31-39)61-51-28-13-11-24-46(51)50-36-40(32-35-52(50)61)42-20-7-8-21-43(42)44-22-9-10-23-45(44)48-26-15-27-49-47-25-12-14-29-53(47)62-54(48)49/h1-36H. The zero-order valence-corrected chi connectivity index (χ0v) is 34.3. The molecule has 9 aromatic carbocycles. The summed E-state index contributed by atoms with van der Waals surface area (Å²) in [6.45, 7) is 0. The molecular weight excluding hydrogens is 773 g/mol. The number of hydrogen-bond acceptors (Lipinski definition) is 4. The maximum absolute atomic E-state index is 4.98. The highest BCUT2D eigenvalue weighted by Crippen LogP contribution is 2.45. The number of thiophene rings is 1. The summed E-state index contributed by atoms with van der Waals surface area (Å²) < 4.78 is 5.00. The van der Waals surface area contributed by atoms with Gasteiger partial charge in [0, 0.05) is 58.9 Å². The molecule has 0 N–H and O–H groups in total. The van der Waals surface area contributed by atoms with Crippen LogP contribution < -0.4 is 0 Å². The van der Waals surface area contributed by atoms with E-state index in [0.29, 0.717) is 17.5 Å². The summed E-state index contributed by atoms with van der Waals surface area (Å²) in [6, 6.07) is 77.6. The number of aromatic nitrogens is 4. The van der Waals surface area contributed by atoms with Crippen LogP contribution in [-0.2, 0) is 0 Å². The lowest BCUT2D eigenvalue weighted by atomic mass is 9.89. The molecule has 62 heavy (non-hydrogen) atoms. The molecule has 0 saturated heterocycles. The van der Waals surface area contributed by atoms with Crippen LogP contribution >= 0.6 is 11.3 Å². The van der Waals surface area contributed by atoms with Crippen LogP contribution in [0.1, 0.15) is 0 Å². The van der Waals surface area contributed by atoms with Crippen LogP contribution in [0.2, 0.25) is 0 Å². The minimum Gasteiger partial charge on any atom is -0.309 e.